The number of hydrogen-bond acceptors (Lipinski definition) is 6. The van der Waals surface area contributed by atoms with Gasteiger partial charge in [0.2, 0.25) is 5.88 Å². The molecule has 0 unspecified atom stereocenters. The highest BCUT2D eigenvalue weighted by Gasteiger charge is 2.17. The summed E-state index contributed by atoms with van der Waals surface area (Å²) in [5, 5.41) is 2.99. The predicted molar refractivity (Wildman–Crippen MR) is 83.3 cm³/mol. The number of aromatic nitrogens is 1. The van der Waals surface area contributed by atoms with Gasteiger partial charge in [0.15, 0.2) is 0 Å². The van der Waals surface area contributed by atoms with Crippen LogP contribution in [0.3, 0.4) is 0 Å². The Balaban J connectivity index is 2.12. The van der Waals surface area contributed by atoms with E-state index in [1.165, 1.54) is 17.5 Å². The Labute approximate surface area is 128 Å². The maximum absolute atomic E-state index is 12.2. The van der Waals surface area contributed by atoms with Crippen LogP contribution in [0.5, 0.6) is 5.88 Å². The van der Waals surface area contributed by atoms with Gasteiger partial charge in [0.25, 0.3) is 10.0 Å². The second-order valence-electron chi connectivity index (χ2n) is 4.17. The van der Waals surface area contributed by atoms with E-state index in [0.717, 1.165) is 4.88 Å². The zero-order chi connectivity index (χ0) is 15.3. The molecule has 0 atom stereocenters. The summed E-state index contributed by atoms with van der Waals surface area (Å²) in [4.78, 5) is 4.99. The van der Waals surface area contributed by atoms with Crippen molar-refractivity contribution in [2.24, 2.45) is 0 Å². The zero-order valence-corrected chi connectivity index (χ0v) is 13.4. The molecule has 0 aliphatic heterocycles. The van der Waals surface area contributed by atoms with Gasteiger partial charge in [-0.15, -0.1) is 11.3 Å². The Morgan fingerprint density at radius 3 is 2.71 bits per heavy atom. The molecule has 0 spiro atoms. The van der Waals surface area contributed by atoms with Crippen LogP contribution in [0.25, 0.3) is 0 Å². The highest BCUT2D eigenvalue weighted by molar-refractivity contribution is 7.94. The molecule has 6 nitrogen and oxygen atoms in total. The van der Waals surface area contributed by atoms with Crippen LogP contribution in [-0.4, -0.2) is 27.1 Å². The lowest BCUT2D eigenvalue weighted by molar-refractivity contribution is 0.327. The fourth-order valence-corrected chi connectivity index (χ4v) is 4.06. The van der Waals surface area contributed by atoms with Gasteiger partial charge in [0, 0.05) is 17.5 Å². The quantitative estimate of drug-likeness (QED) is 0.814. The molecule has 0 aliphatic carbocycles. The highest BCUT2D eigenvalue weighted by Crippen LogP contribution is 2.24. The first kappa shape index (κ1) is 15.7. The molecule has 0 amide bonds. The fraction of sp³-hybridized carbons (Fsp3) is 0.308. The average Bonchev–Trinajstić information content (AvgIpc) is 2.91. The minimum absolute atomic E-state index is 0.279. The zero-order valence-electron chi connectivity index (χ0n) is 11.8. The van der Waals surface area contributed by atoms with Crippen molar-refractivity contribution in [3.63, 3.8) is 0 Å². The number of rotatable bonds is 7. The van der Waals surface area contributed by atoms with Crippen molar-refractivity contribution in [1.29, 1.82) is 0 Å². The summed E-state index contributed by atoms with van der Waals surface area (Å²) < 4.78 is 32.5. The van der Waals surface area contributed by atoms with E-state index in [1.807, 2.05) is 14.0 Å². The van der Waals surface area contributed by atoms with Gasteiger partial charge in [0.05, 0.1) is 18.5 Å². The molecule has 2 heterocycles. The van der Waals surface area contributed by atoms with Gasteiger partial charge in [-0.3, -0.25) is 4.72 Å². The van der Waals surface area contributed by atoms with Crippen LogP contribution < -0.4 is 14.8 Å². The summed E-state index contributed by atoms with van der Waals surface area (Å²) in [6.07, 6.45) is 1.44. The predicted octanol–water partition coefficient (Wildman–Crippen LogP) is 2.06. The minimum atomic E-state index is -3.58. The van der Waals surface area contributed by atoms with Crippen LogP contribution >= 0.6 is 11.3 Å². The molecule has 0 bridgehead atoms. The molecular formula is C13H17N3O3S2. The number of sulfonamides is 1. The Kier molecular flexibility index (Phi) is 5.16. The molecule has 0 aliphatic rings. The molecule has 2 N–H and O–H groups in total. The van der Waals surface area contributed by atoms with Crippen molar-refractivity contribution < 1.29 is 13.2 Å². The third-order valence-electron chi connectivity index (χ3n) is 2.53. The van der Waals surface area contributed by atoms with Crippen molar-refractivity contribution in [1.82, 2.24) is 10.3 Å². The lowest BCUT2D eigenvalue weighted by Crippen LogP contribution is -2.11. The maximum Gasteiger partial charge on any atom is 0.271 e. The van der Waals surface area contributed by atoms with E-state index in [2.05, 4.69) is 15.0 Å². The Morgan fingerprint density at radius 1 is 1.29 bits per heavy atom. The van der Waals surface area contributed by atoms with Crippen molar-refractivity contribution in [3.8, 4) is 5.88 Å². The second-order valence-corrected chi connectivity index (χ2v) is 7.25. The van der Waals surface area contributed by atoms with Crippen LogP contribution in [-0.2, 0) is 16.6 Å². The monoisotopic (exact) mass is 327 g/mol. The van der Waals surface area contributed by atoms with E-state index in [0.29, 0.717) is 24.7 Å². The van der Waals surface area contributed by atoms with Gasteiger partial charge in [-0.25, -0.2) is 13.4 Å². The lowest BCUT2D eigenvalue weighted by atomic mass is 10.4. The standard InChI is InChI=1S/C13H17N3O3S2/c1-3-19-12-6-4-10(8-15-12)16-21(17,18)13-7-5-11(20-13)9-14-2/h4-8,14,16H,3,9H2,1-2H3. The number of ether oxygens (including phenoxy) is 1. The maximum atomic E-state index is 12.2. The number of nitrogens with zero attached hydrogens (tertiary/aromatic N) is 1. The first-order chi connectivity index (χ1) is 10.0. The number of thiophene rings is 1. The summed E-state index contributed by atoms with van der Waals surface area (Å²) in [5.74, 6) is 0.466. The van der Waals surface area contributed by atoms with Crippen molar-refractivity contribution in [2.75, 3.05) is 18.4 Å². The van der Waals surface area contributed by atoms with Crippen LogP contribution in [0.1, 0.15) is 11.8 Å². The number of nitrogens with one attached hydrogen (secondary N) is 2. The lowest BCUT2D eigenvalue weighted by Gasteiger charge is -2.07. The molecule has 0 aromatic carbocycles. The summed E-state index contributed by atoms with van der Waals surface area (Å²) in [6.45, 7) is 3.02. The molecule has 2 aromatic heterocycles. The third kappa shape index (κ3) is 4.16. The van der Waals surface area contributed by atoms with Crippen molar-refractivity contribution in [3.05, 3.63) is 35.3 Å². The molecule has 0 fully saturated rings. The minimum Gasteiger partial charge on any atom is -0.478 e. The van der Waals surface area contributed by atoms with Gasteiger partial charge in [-0.1, -0.05) is 0 Å². The van der Waals surface area contributed by atoms with E-state index in [4.69, 9.17) is 4.74 Å². The number of pyridine rings is 1. The Hall–Kier alpha value is -1.64. The normalized spacial score (nSPS) is 11.3. The summed E-state index contributed by atoms with van der Waals surface area (Å²) in [5.41, 5.74) is 0.405. The van der Waals surface area contributed by atoms with E-state index in [-0.39, 0.29) is 4.21 Å². The SMILES string of the molecule is CCOc1ccc(NS(=O)(=O)c2ccc(CNC)s2)cn1. The van der Waals surface area contributed by atoms with E-state index in [9.17, 15) is 8.42 Å². The second kappa shape index (κ2) is 6.88. The summed E-state index contributed by atoms with van der Waals surface area (Å²) in [6, 6.07) is 6.65. The van der Waals surface area contributed by atoms with E-state index < -0.39 is 10.0 Å². The highest BCUT2D eigenvalue weighted by atomic mass is 32.2. The Bertz CT molecular complexity index is 681. The van der Waals surface area contributed by atoms with E-state index >= 15 is 0 Å². The van der Waals surface area contributed by atoms with Gasteiger partial charge in [-0.2, -0.15) is 0 Å². The van der Waals surface area contributed by atoms with Gasteiger partial charge < -0.3 is 10.1 Å². The fourth-order valence-electron chi connectivity index (χ4n) is 1.65. The number of anilines is 1. The first-order valence-corrected chi connectivity index (χ1v) is 8.70. The van der Waals surface area contributed by atoms with Crippen LogP contribution in [0.4, 0.5) is 5.69 Å². The van der Waals surface area contributed by atoms with E-state index in [1.54, 1.807) is 24.3 Å². The molecule has 0 radical (unpaired) electrons. The number of hydrogen-bond donors (Lipinski definition) is 2. The van der Waals surface area contributed by atoms with Crippen LogP contribution in [0.15, 0.2) is 34.7 Å². The van der Waals surface area contributed by atoms with Crippen LogP contribution in [0, 0.1) is 0 Å². The first-order valence-electron chi connectivity index (χ1n) is 6.40. The Morgan fingerprint density at radius 2 is 2.10 bits per heavy atom. The molecule has 2 rings (SSSR count). The smallest absolute Gasteiger partial charge is 0.271 e. The summed E-state index contributed by atoms with van der Waals surface area (Å²) in [7, 11) is -1.76. The van der Waals surface area contributed by atoms with Gasteiger partial charge in [-0.05, 0) is 32.2 Å². The van der Waals surface area contributed by atoms with Gasteiger partial charge >= 0.3 is 0 Å². The largest absolute Gasteiger partial charge is 0.478 e. The third-order valence-corrected chi connectivity index (χ3v) is 5.49. The molecule has 114 valence electrons. The topological polar surface area (TPSA) is 80.3 Å². The molecule has 8 heteroatoms. The molecule has 21 heavy (non-hydrogen) atoms. The van der Waals surface area contributed by atoms with Crippen molar-refractivity contribution >= 4 is 27.0 Å². The molecule has 0 saturated carbocycles. The van der Waals surface area contributed by atoms with Crippen molar-refractivity contribution in [2.45, 2.75) is 17.7 Å². The molecule has 0 saturated heterocycles. The van der Waals surface area contributed by atoms with Crippen LogP contribution in [0.2, 0.25) is 0 Å². The average molecular weight is 327 g/mol. The summed E-state index contributed by atoms with van der Waals surface area (Å²) >= 11 is 1.24. The molecular weight excluding hydrogens is 310 g/mol. The molecule has 2 aromatic rings. The van der Waals surface area contributed by atoms with Gasteiger partial charge in [0.1, 0.15) is 4.21 Å².